The average molecular weight is 429 g/mol. The minimum atomic E-state index is -0.573. The molecule has 2 aromatic heterocycles. The van der Waals surface area contributed by atoms with Crippen molar-refractivity contribution < 1.29 is 23.8 Å². The predicted molar refractivity (Wildman–Crippen MR) is 113 cm³/mol. The van der Waals surface area contributed by atoms with Crippen LogP contribution >= 0.6 is 11.3 Å². The van der Waals surface area contributed by atoms with Crippen LogP contribution in [0.3, 0.4) is 0 Å². The highest BCUT2D eigenvalue weighted by Crippen LogP contribution is 2.39. The van der Waals surface area contributed by atoms with Crippen LogP contribution in [0.1, 0.15) is 23.1 Å². The van der Waals surface area contributed by atoms with Crippen molar-refractivity contribution in [2.75, 3.05) is 39.4 Å². The number of ether oxygens (including phenoxy) is 1. The first-order valence-electron chi connectivity index (χ1n) is 9.98. The van der Waals surface area contributed by atoms with Crippen molar-refractivity contribution in [3.63, 3.8) is 0 Å². The molecule has 0 saturated carbocycles. The molecule has 0 aliphatic carbocycles. The zero-order valence-electron chi connectivity index (χ0n) is 16.5. The minimum absolute atomic E-state index is 0.122. The molecule has 1 N–H and O–H groups in total. The Bertz CT molecular complexity index is 927. The van der Waals surface area contributed by atoms with Crippen LogP contribution in [0.25, 0.3) is 6.08 Å². The van der Waals surface area contributed by atoms with Gasteiger partial charge in [-0.1, -0.05) is 6.07 Å². The van der Waals surface area contributed by atoms with Crippen molar-refractivity contribution in [2.24, 2.45) is 0 Å². The molecule has 2 aliphatic rings. The number of aliphatic hydroxyl groups is 1. The van der Waals surface area contributed by atoms with E-state index >= 15 is 0 Å². The van der Waals surface area contributed by atoms with E-state index in [1.165, 1.54) is 23.7 Å². The SMILES string of the molecule is O=C(/C=C/c1ccco1)C1=C(O)C(=O)N(CCCN2CCOCC2)C1c1cccs1. The van der Waals surface area contributed by atoms with Crippen LogP contribution in [0.4, 0.5) is 0 Å². The fourth-order valence-electron chi connectivity index (χ4n) is 3.80. The van der Waals surface area contributed by atoms with Gasteiger partial charge < -0.3 is 19.2 Å². The standard InChI is InChI=1S/C22H24N2O5S/c25-17(7-6-16-4-1-12-29-16)19-20(18-5-2-15-30-18)24(22(27)21(19)26)9-3-8-23-10-13-28-14-11-23/h1-2,4-7,12,15,20,26H,3,8-11,13-14H2/b7-6+. The quantitative estimate of drug-likeness (QED) is 0.651. The van der Waals surface area contributed by atoms with Crippen molar-refractivity contribution in [3.8, 4) is 0 Å². The largest absolute Gasteiger partial charge is 0.503 e. The zero-order valence-corrected chi connectivity index (χ0v) is 17.3. The molecule has 2 aliphatic heterocycles. The Hall–Kier alpha value is -2.68. The Balaban J connectivity index is 1.51. The highest BCUT2D eigenvalue weighted by atomic mass is 32.1. The number of thiophene rings is 1. The first-order valence-corrected chi connectivity index (χ1v) is 10.9. The maximum Gasteiger partial charge on any atom is 0.290 e. The molecular weight excluding hydrogens is 404 g/mol. The lowest BCUT2D eigenvalue weighted by Crippen LogP contribution is -2.39. The van der Waals surface area contributed by atoms with E-state index in [0.29, 0.717) is 12.3 Å². The fourth-order valence-corrected chi connectivity index (χ4v) is 4.65. The Morgan fingerprint density at radius 2 is 2.07 bits per heavy atom. The third-order valence-electron chi connectivity index (χ3n) is 5.30. The maximum atomic E-state index is 12.9. The number of hydrogen-bond donors (Lipinski definition) is 1. The van der Waals surface area contributed by atoms with E-state index in [-0.39, 0.29) is 5.57 Å². The zero-order chi connectivity index (χ0) is 20.9. The van der Waals surface area contributed by atoms with Crippen LogP contribution in [0.5, 0.6) is 0 Å². The summed E-state index contributed by atoms with van der Waals surface area (Å²) in [5.74, 6) is -0.826. The second-order valence-corrected chi connectivity index (χ2v) is 8.18. The first-order chi connectivity index (χ1) is 14.6. The molecule has 30 heavy (non-hydrogen) atoms. The smallest absolute Gasteiger partial charge is 0.290 e. The lowest BCUT2D eigenvalue weighted by molar-refractivity contribution is -0.129. The number of carbonyl (C=O) groups excluding carboxylic acids is 2. The van der Waals surface area contributed by atoms with E-state index < -0.39 is 23.5 Å². The van der Waals surface area contributed by atoms with Crippen LogP contribution < -0.4 is 0 Å². The molecule has 1 amide bonds. The number of hydrogen-bond acceptors (Lipinski definition) is 7. The van der Waals surface area contributed by atoms with Crippen LogP contribution in [-0.2, 0) is 14.3 Å². The lowest BCUT2D eigenvalue weighted by atomic mass is 10.0. The molecule has 8 heteroatoms. The van der Waals surface area contributed by atoms with E-state index in [4.69, 9.17) is 9.15 Å². The second-order valence-electron chi connectivity index (χ2n) is 7.20. The summed E-state index contributed by atoms with van der Waals surface area (Å²) in [7, 11) is 0. The fraction of sp³-hybridized carbons (Fsp3) is 0.364. The molecule has 4 heterocycles. The maximum absolute atomic E-state index is 12.9. The van der Waals surface area contributed by atoms with E-state index in [9.17, 15) is 14.7 Å². The van der Waals surface area contributed by atoms with Crippen molar-refractivity contribution in [3.05, 3.63) is 64.0 Å². The van der Waals surface area contributed by atoms with Crippen LogP contribution in [-0.4, -0.2) is 66.0 Å². The van der Waals surface area contributed by atoms with Gasteiger partial charge in [0, 0.05) is 31.1 Å². The summed E-state index contributed by atoms with van der Waals surface area (Å²) in [6.45, 7) is 4.52. The van der Waals surface area contributed by atoms with Gasteiger partial charge in [-0.25, -0.2) is 0 Å². The molecule has 1 unspecified atom stereocenters. The molecule has 7 nitrogen and oxygen atoms in total. The second kappa shape index (κ2) is 9.42. The Kier molecular flexibility index (Phi) is 6.47. The minimum Gasteiger partial charge on any atom is -0.503 e. The molecule has 0 aromatic carbocycles. The van der Waals surface area contributed by atoms with Crippen molar-refractivity contribution >= 4 is 29.1 Å². The summed E-state index contributed by atoms with van der Waals surface area (Å²) in [6, 6.07) is 6.65. The highest BCUT2D eigenvalue weighted by Gasteiger charge is 2.43. The molecule has 0 spiro atoms. The predicted octanol–water partition coefficient (Wildman–Crippen LogP) is 3.04. The Labute approximate surface area is 178 Å². The number of rotatable bonds is 8. The molecular formula is C22H24N2O5S. The monoisotopic (exact) mass is 428 g/mol. The van der Waals surface area contributed by atoms with E-state index in [0.717, 1.165) is 44.1 Å². The van der Waals surface area contributed by atoms with Gasteiger partial charge in [0.2, 0.25) is 0 Å². The number of ketones is 1. The van der Waals surface area contributed by atoms with E-state index in [1.807, 2.05) is 17.5 Å². The highest BCUT2D eigenvalue weighted by molar-refractivity contribution is 7.10. The van der Waals surface area contributed by atoms with Crippen molar-refractivity contribution in [1.29, 1.82) is 0 Å². The molecule has 0 radical (unpaired) electrons. The number of amides is 1. The van der Waals surface area contributed by atoms with Gasteiger partial charge in [0.05, 0.1) is 31.1 Å². The van der Waals surface area contributed by atoms with Crippen molar-refractivity contribution in [2.45, 2.75) is 12.5 Å². The van der Waals surface area contributed by atoms with Crippen LogP contribution in [0.15, 0.2) is 57.7 Å². The third kappa shape index (κ3) is 4.40. The number of morpholine rings is 1. The number of nitrogens with zero attached hydrogens (tertiary/aromatic N) is 2. The number of allylic oxidation sites excluding steroid dienone is 1. The summed E-state index contributed by atoms with van der Waals surface area (Å²) in [5.41, 5.74) is 0.122. The van der Waals surface area contributed by atoms with Gasteiger partial charge in [-0.2, -0.15) is 0 Å². The molecule has 4 rings (SSSR count). The number of furan rings is 1. The van der Waals surface area contributed by atoms with Gasteiger partial charge in [-0.05, 0) is 42.2 Å². The molecule has 1 atom stereocenters. The molecule has 2 aromatic rings. The Morgan fingerprint density at radius 3 is 2.77 bits per heavy atom. The normalized spacial score (nSPS) is 20.6. The number of carbonyl (C=O) groups is 2. The lowest BCUT2D eigenvalue weighted by Gasteiger charge is -2.29. The summed E-state index contributed by atoms with van der Waals surface area (Å²) in [4.78, 5) is 30.5. The van der Waals surface area contributed by atoms with Gasteiger partial charge in [-0.3, -0.25) is 14.5 Å². The van der Waals surface area contributed by atoms with E-state index in [2.05, 4.69) is 4.90 Å². The van der Waals surface area contributed by atoms with Gasteiger partial charge in [0.1, 0.15) is 5.76 Å². The molecule has 1 fully saturated rings. The Morgan fingerprint density at radius 1 is 1.23 bits per heavy atom. The van der Waals surface area contributed by atoms with Gasteiger partial charge >= 0.3 is 0 Å². The first kappa shape index (κ1) is 20.6. The summed E-state index contributed by atoms with van der Waals surface area (Å²) in [6.07, 6.45) is 5.16. The van der Waals surface area contributed by atoms with Crippen LogP contribution in [0, 0.1) is 0 Å². The van der Waals surface area contributed by atoms with Gasteiger partial charge in [-0.15, -0.1) is 11.3 Å². The average Bonchev–Trinajstić information content (AvgIpc) is 3.51. The number of aliphatic hydroxyl groups excluding tert-OH is 1. The molecule has 1 saturated heterocycles. The third-order valence-corrected chi connectivity index (χ3v) is 6.23. The summed E-state index contributed by atoms with van der Waals surface area (Å²) >= 11 is 1.47. The van der Waals surface area contributed by atoms with Crippen molar-refractivity contribution in [1.82, 2.24) is 9.80 Å². The van der Waals surface area contributed by atoms with Gasteiger partial charge in [0.15, 0.2) is 11.5 Å². The molecule has 158 valence electrons. The topological polar surface area (TPSA) is 83.2 Å². The van der Waals surface area contributed by atoms with E-state index in [1.54, 1.807) is 23.1 Å². The summed E-state index contributed by atoms with van der Waals surface area (Å²) < 4.78 is 10.6. The van der Waals surface area contributed by atoms with Crippen LogP contribution in [0.2, 0.25) is 0 Å². The summed E-state index contributed by atoms with van der Waals surface area (Å²) in [5, 5.41) is 12.5. The molecule has 0 bridgehead atoms. The van der Waals surface area contributed by atoms with Gasteiger partial charge in [0.25, 0.3) is 5.91 Å².